The van der Waals surface area contributed by atoms with Gasteiger partial charge in [-0.15, -0.1) is 0 Å². The van der Waals surface area contributed by atoms with Crippen molar-refractivity contribution < 1.29 is 0 Å². The Morgan fingerprint density at radius 3 is 2.84 bits per heavy atom. The Kier molecular flexibility index (Phi) is 3.47. The van der Waals surface area contributed by atoms with Crippen molar-refractivity contribution in [2.45, 2.75) is 13.3 Å². The van der Waals surface area contributed by atoms with Gasteiger partial charge in [0.05, 0.1) is 11.4 Å². The molecule has 2 aromatic carbocycles. The van der Waals surface area contributed by atoms with E-state index in [0.717, 1.165) is 24.0 Å². The van der Waals surface area contributed by atoms with Crippen LogP contribution in [0.25, 0.3) is 0 Å². The van der Waals surface area contributed by atoms with Crippen LogP contribution in [0.2, 0.25) is 0 Å². The van der Waals surface area contributed by atoms with Gasteiger partial charge in [-0.1, -0.05) is 41.1 Å². The fourth-order valence-electron chi connectivity index (χ4n) is 2.63. The summed E-state index contributed by atoms with van der Waals surface area (Å²) in [7, 11) is 0. The molecule has 1 heterocycles. The molecule has 2 nitrogen and oxygen atoms in total. The topological polar surface area (TPSA) is 15.3 Å². The van der Waals surface area contributed by atoms with Crippen molar-refractivity contribution in [2.75, 3.05) is 23.3 Å². The zero-order valence-electron chi connectivity index (χ0n) is 11.0. The van der Waals surface area contributed by atoms with E-state index >= 15 is 0 Å². The number of rotatable bonds is 2. The maximum absolute atomic E-state index is 3.54. The predicted molar refractivity (Wildman–Crippen MR) is 85.5 cm³/mol. The lowest BCUT2D eigenvalue weighted by atomic mass is 10.1. The first-order valence-electron chi connectivity index (χ1n) is 6.68. The van der Waals surface area contributed by atoms with Crippen LogP contribution < -0.4 is 10.2 Å². The molecule has 0 spiro atoms. The SMILES string of the molecule is CCc1ccccc1N1CCNc2cc(Br)ccc21. The third-order valence-corrected chi connectivity index (χ3v) is 4.06. The van der Waals surface area contributed by atoms with Gasteiger partial charge >= 0.3 is 0 Å². The second-order valence-electron chi connectivity index (χ2n) is 4.72. The van der Waals surface area contributed by atoms with Crippen molar-refractivity contribution in [1.29, 1.82) is 0 Å². The van der Waals surface area contributed by atoms with Crippen molar-refractivity contribution in [3.05, 3.63) is 52.5 Å². The van der Waals surface area contributed by atoms with Crippen LogP contribution in [0, 0.1) is 0 Å². The lowest BCUT2D eigenvalue weighted by Crippen LogP contribution is -2.30. The Morgan fingerprint density at radius 2 is 2.00 bits per heavy atom. The summed E-state index contributed by atoms with van der Waals surface area (Å²) >= 11 is 3.54. The number of fused-ring (bicyclic) bond motifs is 1. The van der Waals surface area contributed by atoms with Gasteiger partial charge in [0, 0.05) is 23.2 Å². The predicted octanol–water partition coefficient (Wildman–Crippen LogP) is 4.58. The number of benzene rings is 2. The third kappa shape index (κ3) is 2.35. The van der Waals surface area contributed by atoms with Crippen LogP contribution >= 0.6 is 15.9 Å². The summed E-state index contributed by atoms with van der Waals surface area (Å²) in [5.74, 6) is 0. The van der Waals surface area contributed by atoms with E-state index in [1.54, 1.807) is 0 Å². The number of para-hydroxylation sites is 1. The second kappa shape index (κ2) is 5.25. The van der Waals surface area contributed by atoms with E-state index in [-0.39, 0.29) is 0 Å². The third-order valence-electron chi connectivity index (χ3n) is 3.56. The Labute approximate surface area is 122 Å². The normalized spacial score (nSPS) is 13.9. The van der Waals surface area contributed by atoms with Crippen molar-refractivity contribution in [1.82, 2.24) is 0 Å². The van der Waals surface area contributed by atoms with Crippen LogP contribution in [0.15, 0.2) is 46.9 Å². The summed E-state index contributed by atoms with van der Waals surface area (Å²) in [5.41, 5.74) is 5.19. The van der Waals surface area contributed by atoms with Gasteiger partial charge in [0.1, 0.15) is 0 Å². The van der Waals surface area contributed by atoms with E-state index in [1.807, 2.05) is 0 Å². The summed E-state index contributed by atoms with van der Waals surface area (Å²) in [4.78, 5) is 2.41. The Hall–Kier alpha value is -1.48. The Bertz CT molecular complexity index is 595. The van der Waals surface area contributed by atoms with Gasteiger partial charge in [-0.05, 0) is 36.2 Å². The lowest BCUT2D eigenvalue weighted by molar-refractivity contribution is 0.915. The lowest BCUT2D eigenvalue weighted by Gasteiger charge is -2.33. The highest BCUT2D eigenvalue weighted by Crippen LogP contribution is 2.37. The molecule has 0 aromatic heterocycles. The molecule has 3 heteroatoms. The molecule has 0 saturated heterocycles. The average molecular weight is 317 g/mol. The summed E-state index contributed by atoms with van der Waals surface area (Å²) in [6.45, 7) is 4.19. The maximum atomic E-state index is 3.54. The summed E-state index contributed by atoms with van der Waals surface area (Å²) in [6, 6.07) is 15.1. The molecule has 0 radical (unpaired) electrons. The standard InChI is InChI=1S/C16H17BrN2/c1-2-12-5-3-4-6-15(12)19-10-9-18-14-11-13(17)7-8-16(14)19/h3-8,11,18H,2,9-10H2,1H3. The Morgan fingerprint density at radius 1 is 1.16 bits per heavy atom. The van der Waals surface area contributed by atoms with Crippen LogP contribution in [-0.2, 0) is 6.42 Å². The van der Waals surface area contributed by atoms with Crippen LogP contribution in [-0.4, -0.2) is 13.1 Å². The molecule has 98 valence electrons. The van der Waals surface area contributed by atoms with Crippen molar-refractivity contribution in [3.8, 4) is 0 Å². The smallest absolute Gasteiger partial charge is 0.0648 e. The largest absolute Gasteiger partial charge is 0.382 e. The molecule has 0 amide bonds. The molecule has 0 atom stereocenters. The van der Waals surface area contributed by atoms with Crippen LogP contribution in [0.4, 0.5) is 17.1 Å². The Balaban J connectivity index is 2.08. The molecule has 0 fully saturated rings. The zero-order valence-corrected chi connectivity index (χ0v) is 12.6. The summed E-state index contributed by atoms with van der Waals surface area (Å²) < 4.78 is 1.12. The first-order valence-corrected chi connectivity index (χ1v) is 7.48. The molecule has 0 unspecified atom stereocenters. The maximum Gasteiger partial charge on any atom is 0.0648 e. The van der Waals surface area contributed by atoms with Gasteiger partial charge in [0.25, 0.3) is 0 Å². The van der Waals surface area contributed by atoms with Gasteiger partial charge in [0.15, 0.2) is 0 Å². The molecule has 0 saturated carbocycles. The number of halogens is 1. The second-order valence-corrected chi connectivity index (χ2v) is 5.64. The highest BCUT2D eigenvalue weighted by atomic mass is 79.9. The average Bonchev–Trinajstić information content (AvgIpc) is 2.46. The molecular weight excluding hydrogens is 300 g/mol. The van der Waals surface area contributed by atoms with Gasteiger partial charge in [-0.25, -0.2) is 0 Å². The monoisotopic (exact) mass is 316 g/mol. The number of nitrogens with zero attached hydrogens (tertiary/aromatic N) is 1. The van der Waals surface area contributed by atoms with Gasteiger partial charge in [0.2, 0.25) is 0 Å². The molecule has 19 heavy (non-hydrogen) atoms. The molecule has 3 rings (SSSR count). The molecule has 0 aliphatic carbocycles. The van der Waals surface area contributed by atoms with Gasteiger partial charge in [-0.3, -0.25) is 0 Å². The van der Waals surface area contributed by atoms with E-state index in [0.29, 0.717) is 0 Å². The molecular formula is C16H17BrN2. The molecule has 1 N–H and O–H groups in total. The molecule has 1 aliphatic heterocycles. The van der Waals surface area contributed by atoms with Crippen molar-refractivity contribution >= 4 is 33.0 Å². The first-order chi connectivity index (χ1) is 9.29. The quantitative estimate of drug-likeness (QED) is 0.872. The van der Waals surface area contributed by atoms with Crippen LogP contribution in [0.3, 0.4) is 0 Å². The summed E-state index contributed by atoms with van der Waals surface area (Å²) in [6.07, 6.45) is 1.06. The van der Waals surface area contributed by atoms with E-state index in [1.165, 1.54) is 22.6 Å². The zero-order chi connectivity index (χ0) is 13.2. The number of hydrogen-bond donors (Lipinski definition) is 1. The minimum atomic E-state index is 0.974. The molecule has 0 bridgehead atoms. The highest BCUT2D eigenvalue weighted by molar-refractivity contribution is 9.10. The fraction of sp³-hybridized carbons (Fsp3) is 0.250. The minimum absolute atomic E-state index is 0.974. The van der Waals surface area contributed by atoms with Crippen LogP contribution in [0.5, 0.6) is 0 Å². The molecule has 1 aliphatic rings. The van der Waals surface area contributed by atoms with E-state index in [4.69, 9.17) is 0 Å². The number of aryl methyl sites for hydroxylation is 1. The number of hydrogen-bond acceptors (Lipinski definition) is 2. The van der Waals surface area contributed by atoms with Crippen molar-refractivity contribution in [2.24, 2.45) is 0 Å². The van der Waals surface area contributed by atoms with E-state index in [9.17, 15) is 0 Å². The van der Waals surface area contributed by atoms with Crippen LogP contribution in [0.1, 0.15) is 12.5 Å². The van der Waals surface area contributed by atoms with Crippen molar-refractivity contribution in [3.63, 3.8) is 0 Å². The fourth-order valence-corrected chi connectivity index (χ4v) is 2.99. The van der Waals surface area contributed by atoms with E-state index in [2.05, 4.69) is 75.5 Å². The highest BCUT2D eigenvalue weighted by Gasteiger charge is 2.19. The molecule has 2 aromatic rings. The first kappa shape index (κ1) is 12.5. The van der Waals surface area contributed by atoms with E-state index < -0.39 is 0 Å². The minimum Gasteiger partial charge on any atom is -0.382 e. The summed E-state index contributed by atoms with van der Waals surface area (Å²) in [5, 5.41) is 3.47. The van der Waals surface area contributed by atoms with Gasteiger partial charge in [-0.2, -0.15) is 0 Å². The van der Waals surface area contributed by atoms with Gasteiger partial charge < -0.3 is 10.2 Å². The number of nitrogens with one attached hydrogen (secondary N) is 1. The number of anilines is 3.